The molecule has 0 radical (unpaired) electrons. The van der Waals surface area contributed by atoms with Gasteiger partial charge in [-0.15, -0.1) is 0 Å². The molecule has 8 heteroatoms. The number of hydrogen-bond acceptors (Lipinski definition) is 5. The maximum Gasteiger partial charge on any atom is 0.282 e. The summed E-state index contributed by atoms with van der Waals surface area (Å²) in [6.45, 7) is 2.95. The van der Waals surface area contributed by atoms with Gasteiger partial charge in [0.05, 0.1) is 18.9 Å². The zero-order chi connectivity index (χ0) is 14.7. The average Bonchev–Trinajstić information content (AvgIpc) is 2.57. The number of morpholine rings is 1. The first-order chi connectivity index (χ1) is 10.2. The number of ether oxygens (including phenoxy) is 1. The predicted molar refractivity (Wildman–Crippen MR) is 76.9 cm³/mol. The molecule has 0 atom stereocenters. The second-order valence-corrected chi connectivity index (χ2v) is 7.25. The summed E-state index contributed by atoms with van der Waals surface area (Å²) in [7, 11) is -3.34. The van der Waals surface area contributed by atoms with E-state index in [1.165, 1.54) is 4.31 Å². The van der Waals surface area contributed by atoms with Gasteiger partial charge in [-0.05, 0) is 12.8 Å². The van der Waals surface area contributed by atoms with Crippen molar-refractivity contribution in [2.45, 2.75) is 18.8 Å². The zero-order valence-electron chi connectivity index (χ0n) is 11.9. The van der Waals surface area contributed by atoms with Crippen molar-refractivity contribution in [3.63, 3.8) is 0 Å². The minimum atomic E-state index is -3.34. The molecule has 0 bridgehead atoms. The highest BCUT2D eigenvalue weighted by atomic mass is 32.2. The van der Waals surface area contributed by atoms with Gasteiger partial charge in [-0.25, -0.2) is 0 Å². The lowest BCUT2D eigenvalue weighted by Gasteiger charge is -2.35. The van der Waals surface area contributed by atoms with Crippen molar-refractivity contribution in [3.05, 3.63) is 24.3 Å². The van der Waals surface area contributed by atoms with Crippen LogP contribution in [0.5, 0.6) is 0 Å². The van der Waals surface area contributed by atoms with Gasteiger partial charge in [0.1, 0.15) is 0 Å². The molecule has 0 saturated carbocycles. The van der Waals surface area contributed by atoms with Gasteiger partial charge >= 0.3 is 0 Å². The number of aromatic nitrogens is 2. The second kappa shape index (κ2) is 6.35. The topological polar surface area (TPSA) is 75.6 Å². The third-order valence-electron chi connectivity index (χ3n) is 4.08. The van der Waals surface area contributed by atoms with E-state index >= 15 is 0 Å². The van der Waals surface area contributed by atoms with Gasteiger partial charge in [-0.3, -0.25) is 9.97 Å². The van der Waals surface area contributed by atoms with E-state index in [2.05, 4.69) is 9.97 Å². The van der Waals surface area contributed by atoms with Crippen LogP contribution < -0.4 is 0 Å². The third-order valence-corrected chi connectivity index (χ3v) is 6.11. The average molecular weight is 312 g/mol. The van der Waals surface area contributed by atoms with E-state index in [4.69, 9.17) is 4.74 Å². The highest BCUT2D eigenvalue weighted by Gasteiger charge is 2.34. The van der Waals surface area contributed by atoms with Crippen molar-refractivity contribution < 1.29 is 13.2 Å². The molecule has 3 rings (SSSR count). The molecular formula is C13H20N4O3S. The molecule has 21 heavy (non-hydrogen) atoms. The van der Waals surface area contributed by atoms with Gasteiger partial charge in [0.2, 0.25) is 0 Å². The van der Waals surface area contributed by atoms with Crippen LogP contribution >= 0.6 is 0 Å². The molecule has 0 aliphatic carbocycles. The van der Waals surface area contributed by atoms with Gasteiger partial charge in [0.15, 0.2) is 0 Å². The van der Waals surface area contributed by atoms with E-state index in [0.717, 1.165) is 18.5 Å². The summed E-state index contributed by atoms with van der Waals surface area (Å²) in [6, 6.07) is 0. The zero-order valence-corrected chi connectivity index (χ0v) is 12.7. The van der Waals surface area contributed by atoms with Gasteiger partial charge in [-0.2, -0.15) is 17.0 Å². The first-order valence-corrected chi connectivity index (χ1v) is 8.66. The fourth-order valence-corrected chi connectivity index (χ4v) is 4.45. The number of rotatable bonds is 3. The van der Waals surface area contributed by atoms with E-state index in [-0.39, 0.29) is 0 Å². The Labute approximate surface area is 125 Å². The minimum Gasteiger partial charge on any atom is -0.379 e. The van der Waals surface area contributed by atoms with Crippen LogP contribution in [0.25, 0.3) is 0 Å². The SMILES string of the molecule is O=S(=O)(N1CCOCC1)N1CCC(c2cnccn2)CC1. The first kappa shape index (κ1) is 14.8. The van der Waals surface area contributed by atoms with E-state index in [1.54, 1.807) is 22.9 Å². The predicted octanol–water partition coefficient (Wildman–Crippen LogP) is 0.233. The number of nitrogens with zero attached hydrogens (tertiary/aromatic N) is 4. The molecular weight excluding hydrogens is 292 g/mol. The Morgan fingerprint density at radius 1 is 1.05 bits per heavy atom. The molecule has 0 aromatic carbocycles. The van der Waals surface area contributed by atoms with Gasteiger partial charge in [-0.1, -0.05) is 0 Å². The Balaban J connectivity index is 1.62. The van der Waals surface area contributed by atoms with Crippen LogP contribution in [-0.2, 0) is 14.9 Å². The highest BCUT2D eigenvalue weighted by Crippen LogP contribution is 2.28. The Hall–Kier alpha value is -1.09. The summed E-state index contributed by atoms with van der Waals surface area (Å²) in [6.07, 6.45) is 6.70. The standard InChI is InChI=1S/C13H20N4O3S/c18-21(19,17-7-9-20-10-8-17)16-5-1-12(2-6-16)13-11-14-3-4-15-13/h3-4,11-12H,1-2,5-10H2. The van der Waals surface area contributed by atoms with Crippen molar-refractivity contribution in [3.8, 4) is 0 Å². The molecule has 2 aliphatic rings. The monoisotopic (exact) mass is 312 g/mol. The molecule has 2 aliphatic heterocycles. The van der Waals surface area contributed by atoms with Crippen LogP contribution in [0.15, 0.2) is 18.6 Å². The van der Waals surface area contributed by atoms with Crippen LogP contribution in [0.4, 0.5) is 0 Å². The Bertz CT molecular complexity index is 552. The van der Waals surface area contributed by atoms with Crippen molar-refractivity contribution in [1.82, 2.24) is 18.6 Å². The van der Waals surface area contributed by atoms with E-state index in [9.17, 15) is 8.42 Å². The lowest BCUT2D eigenvalue weighted by molar-refractivity contribution is 0.0696. The maximum absolute atomic E-state index is 12.6. The van der Waals surface area contributed by atoms with E-state index in [1.807, 2.05) is 0 Å². The van der Waals surface area contributed by atoms with E-state index in [0.29, 0.717) is 45.3 Å². The van der Waals surface area contributed by atoms with Crippen molar-refractivity contribution in [2.24, 2.45) is 0 Å². The molecule has 3 heterocycles. The molecule has 0 N–H and O–H groups in total. The summed E-state index contributed by atoms with van der Waals surface area (Å²) in [5.74, 6) is 0.301. The number of hydrogen-bond donors (Lipinski definition) is 0. The smallest absolute Gasteiger partial charge is 0.282 e. The summed E-state index contributed by atoms with van der Waals surface area (Å²) in [4.78, 5) is 8.41. The van der Waals surface area contributed by atoms with Crippen LogP contribution in [0.3, 0.4) is 0 Å². The van der Waals surface area contributed by atoms with Crippen molar-refractivity contribution in [1.29, 1.82) is 0 Å². The minimum absolute atomic E-state index is 0.301. The van der Waals surface area contributed by atoms with Crippen LogP contribution in [0, 0.1) is 0 Å². The van der Waals surface area contributed by atoms with Gasteiger partial charge in [0, 0.05) is 50.7 Å². The van der Waals surface area contributed by atoms with Crippen LogP contribution in [0.1, 0.15) is 24.5 Å². The molecule has 0 spiro atoms. The molecule has 7 nitrogen and oxygen atoms in total. The quantitative estimate of drug-likeness (QED) is 0.799. The summed E-state index contributed by atoms with van der Waals surface area (Å²) in [5, 5.41) is 0. The fourth-order valence-electron chi connectivity index (χ4n) is 2.84. The lowest BCUT2D eigenvalue weighted by Crippen LogP contribution is -2.50. The van der Waals surface area contributed by atoms with Crippen LogP contribution in [-0.4, -0.2) is 66.4 Å². The molecule has 1 aromatic rings. The highest BCUT2D eigenvalue weighted by molar-refractivity contribution is 7.86. The number of piperidine rings is 1. The molecule has 1 aromatic heterocycles. The Kier molecular flexibility index (Phi) is 4.48. The van der Waals surface area contributed by atoms with Gasteiger partial charge < -0.3 is 4.74 Å². The van der Waals surface area contributed by atoms with Crippen molar-refractivity contribution in [2.75, 3.05) is 39.4 Å². The van der Waals surface area contributed by atoms with E-state index < -0.39 is 10.2 Å². The fraction of sp³-hybridized carbons (Fsp3) is 0.692. The summed E-state index contributed by atoms with van der Waals surface area (Å²) < 4.78 is 33.4. The van der Waals surface area contributed by atoms with Crippen molar-refractivity contribution >= 4 is 10.2 Å². The first-order valence-electron chi connectivity index (χ1n) is 7.27. The summed E-state index contributed by atoms with van der Waals surface area (Å²) in [5.41, 5.74) is 0.959. The maximum atomic E-state index is 12.6. The molecule has 2 saturated heterocycles. The molecule has 116 valence electrons. The molecule has 2 fully saturated rings. The largest absolute Gasteiger partial charge is 0.379 e. The Morgan fingerprint density at radius 2 is 1.71 bits per heavy atom. The summed E-state index contributed by atoms with van der Waals surface area (Å²) >= 11 is 0. The second-order valence-electron chi connectivity index (χ2n) is 5.32. The van der Waals surface area contributed by atoms with Gasteiger partial charge in [0.25, 0.3) is 10.2 Å². The molecule has 0 amide bonds. The normalized spacial score (nSPS) is 23.2. The van der Waals surface area contributed by atoms with Crippen LogP contribution in [0.2, 0.25) is 0 Å². The molecule has 0 unspecified atom stereocenters. The lowest BCUT2D eigenvalue weighted by atomic mass is 9.95. The third kappa shape index (κ3) is 3.23. The Morgan fingerprint density at radius 3 is 2.33 bits per heavy atom.